The third-order valence-electron chi connectivity index (χ3n) is 3.18. The van der Waals surface area contributed by atoms with E-state index in [2.05, 4.69) is 6.92 Å². The molecule has 1 aromatic rings. The summed E-state index contributed by atoms with van der Waals surface area (Å²) in [5.74, 6) is -1.10. The van der Waals surface area contributed by atoms with Gasteiger partial charge in [-0.1, -0.05) is 45.4 Å². The molecule has 1 atom stereocenters. The van der Waals surface area contributed by atoms with E-state index in [4.69, 9.17) is 5.73 Å². The van der Waals surface area contributed by atoms with Crippen molar-refractivity contribution in [3.8, 4) is 0 Å². The summed E-state index contributed by atoms with van der Waals surface area (Å²) in [5.41, 5.74) is 6.50. The molecule has 0 spiro atoms. The van der Waals surface area contributed by atoms with Gasteiger partial charge < -0.3 is 5.73 Å². The van der Waals surface area contributed by atoms with Gasteiger partial charge in [0.25, 0.3) is 0 Å². The van der Waals surface area contributed by atoms with Crippen molar-refractivity contribution in [3.05, 3.63) is 35.4 Å². The Labute approximate surface area is 108 Å². The lowest BCUT2D eigenvalue weighted by Gasteiger charge is -2.12. The van der Waals surface area contributed by atoms with Crippen LogP contribution >= 0.6 is 0 Å². The van der Waals surface area contributed by atoms with Gasteiger partial charge in [-0.25, -0.2) is 8.78 Å². The van der Waals surface area contributed by atoms with E-state index < -0.39 is 11.6 Å². The Hall–Kier alpha value is -0.960. The van der Waals surface area contributed by atoms with Crippen LogP contribution in [0.5, 0.6) is 0 Å². The molecule has 0 saturated carbocycles. The average Bonchev–Trinajstić information content (AvgIpc) is 2.32. The summed E-state index contributed by atoms with van der Waals surface area (Å²) in [6, 6.07) is 3.26. The minimum Gasteiger partial charge on any atom is -0.324 e. The Morgan fingerprint density at radius 2 is 1.50 bits per heavy atom. The monoisotopic (exact) mass is 255 g/mol. The van der Waals surface area contributed by atoms with Crippen LogP contribution in [0.4, 0.5) is 8.78 Å². The van der Waals surface area contributed by atoms with Gasteiger partial charge >= 0.3 is 0 Å². The van der Waals surface area contributed by atoms with Crippen molar-refractivity contribution in [2.45, 2.75) is 57.9 Å². The molecular weight excluding hydrogens is 232 g/mol. The second-order valence-corrected chi connectivity index (χ2v) is 4.87. The molecule has 102 valence electrons. The molecule has 0 aliphatic rings. The SMILES string of the molecule is CCCCCCCCC(N)c1cc(F)cc(F)c1. The Balaban J connectivity index is 2.29. The van der Waals surface area contributed by atoms with Crippen molar-refractivity contribution in [1.29, 1.82) is 0 Å². The first-order valence-electron chi connectivity index (χ1n) is 6.85. The molecule has 1 rings (SSSR count). The molecule has 0 radical (unpaired) electrons. The number of halogens is 2. The Bertz CT molecular complexity index is 332. The first kappa shape index (κ1) is 15.1. The largest absolute Gasteiger partial charge is 0.324 e. The topological polar surface area (TPSA) is 26.0 Å². The van der Waals surface area contributed by atoms with E-state index in [1.165, 1.54) is 37.8 Å². The van der Waals surface area contributed by atoms with Gasteiger partial charge in [0.05, 0.1) is 0 Å². The molecular formula is C15H23F2N. The summed E-state index contributed by atoms with van der Waals surface area (Å²) in [6.07, 6.45) is 7.95. The molecule has 0 aliphatic heterocycles. The normalized spacial score (nSPS) is 12.7. The quantitative estimate of drug-likeness (QED) is 0.668. The van der Waals surface area contributed by atoms with Crippen molar-refractivity contribution in [2.75, 3.05) is 0 Å². The van der Waals surface area contributed by atoms with Crippen molar-refractivity contribution >= 4 is 0 Å². The fourth-order valence-electron chi connectivity index (χ4n) is 2.10. The van der Waals surface area contributed by atoms with Crippen LogP contribution in [0.1, 0.15) is 63.5 Å². The van der Waals surface area contributed by atoms with E-state index in [1.54, 1.807) is 0 Å². The first-order chi connectivity index (χ1) is 8.63. The minimum atomic E-state index is -0.552. The molecule has 1 nitrogen and oxygen atoms in total. The van der Waals surface area contributed by atoms with Gasteiger partial charge in [0, 0.05) is 12.1 Å². The van der Waals surface area contributed by atoms with Gasteiger partial charge in [-0.15, -0.1) is 0 Å². The summed E-state index contributed by atoms with van der Waals surface area (Å²) >= 11 is 0. The summed E-state index contributed by atoms with van der Waals surface area (Å²) in [5, 5.41) is 0. The van der Waals surface area contributed by atoms with Crippen LogP contribution in [0.15, 0.2) is 18.2 Å². The van der Waals surface area contributed by atoms with E-state index in [0.29, 0.717) is 5.56 Å². The molecule has 0 aromatic heterocycles. The zero-order valence-corrected chi connectivity index (χ0v) is 11.1. The number of unbranched alkanes of at least 4 members (excludes halogenated alkanes) is 5. The molecule has 0 aliphatic carbocycles. The van der Waals surface area contributed by atoms with E-state index >= 15 is 0 Å². The smallest absolute Gasteiger partial charge is 0.126 e. The lowest BCUT2D eigenvalue weighted by atomic mass is 10.00. The fourth-order valence-corrected chi connectivity index (χ4v) is 2.10. The number of hydrogen-bond acceptors (Lipinski definition) is 1. The zero-order chi connectivity index (χ0) is 13.4. The molecule has 0 amide bonds. The van der Waals surface area contributed by atoms with Gasteiger partial charge in [0.15, 0.2) is 0 Å². The van der Waals surface area contributed by atoms with Crippen molar-refractivity contribution in [3.63, 3.8) is 0 Å². The number of benzene rings is 1. The van der Waals surface area contributed by atoms with Crippen LogP contribution in [0.2, 0.25) is 0 Å². The van der Waals surface area contributed by atoms with Crippen molar-refractivity contribution in [2.24, 2.45) is 5.73 Å². The molecule has 0 fully saturated rings. The summed E-state index contributed by atoms with van der Waals surface area (Å²) < 4.78 is 26.0. The highest BCUT2D eigenvalue weighted by molar-refractivity contribution is 5.20. The van der Waals surface area contributed by atoms with Crippen LogP contribution in [0, 0.1) is 11.6 Å². The second-order valence-electron chi connectivity index (χ2n) is 4.87. The van der Waals surface area contributed by atoms with Gasteiger partial charge in [-0.3, -0.25) is 0 Å². The van der Waals surface area contributed by atoms with Crippen LogP contribution in [-0.2, 0) is 0 Å². The zero-order valence-electron chi connectivity index (χ0n) is 11.1. The van der Waals surface area contributed by atoms with E-state index in [9.17, 15) is 8.78 Å². The predicted octanol–water partition coefficient (Wildman–Crippen LogP) is 4.72. The summed E-state index contributed by atoms with van der Waals surface area (Å²) in [4.78, 5) is 0. The maximum absolute atomic E-state index is 13.0. The maximum atomic E-state index is 13.0. The Morgan fingerprint density at radius 1 is 0.944 bits per heavy atom. The van der Waals surface area contributed by atoms with Crippen LogP contribution in [-0.4, -0.2) is 0 Å². The number of rotatable bonds is 8. The van der Waals surface area contributed by atoms with Crippen molar-refractivity contribution < 1.29 is 8.78 Å². The molecule has 1 unspecified atom stereocenters. The third-order valence-corrected chi connectivity index (χ3v) is 3.18. The van der Waals surface area contributed by atoms with Crippen LogP contribution < -0.4 is 5.73 Å². The second kappa shape index (κ2) is 8.20. The van der Waals surface area contributed by atoms with E-state index in [1.807, 2.05) is 0 Å². The van der Waals surface area contributed by atoms with Gasteiger partial charge in [-0.2, -0.15) is 0 Å². The molecule has 2 N–H and O–H groups in total. The molecule has 3 heteroatoms. The Kier molecular flexibility index (Phi) is 6.88. The highest BCUT2D eigenvalue weighted by Gasteiger charge is 2.08. The molecule has 18 heavy (non-hydrogen) atoms. The highest BCUT2D eigenvalue weighted by Crippen LogP contribution is 2.20. The number of hydrogen-bond donors (Lipinski definition) is 1. The maximum Gasteiger partial charge on any atom is 0.126 e. The summed E-state index contributed by atoms with van der Waals surface area (Å²) in [6.45, 7) is 2.19. The van der Waals surface area contributed by atoms with E-state index in [0.717, 1.165) is 25.3 Å². The predicted molar refractivity (Wildman–Crippen MR) is 71.3 cm³/mol. The molecule has 1 aromatic carbocycles. The standard InChI is InChI=1S/C15H23F2N/c1-2-3-4-5-6-7-8-15(18)12-9-13(16)11-14(17)10-12/h9-11,15H,2-8,18H2,1H3. The number of nitrogens with two attached hydrogens (primary N) is 1. The molecule has 0 bridgehead atoms. The van der Waals surface area contributed by atoms with Crippen LogP contribution in [0.3, 0.4) is 0 Å². The molecule has 0 heterocycles. The summed E-state index contributed by atoms with van der Waals surface area (Å²) in [7, 11) is 0. The Morgan fingerprint density at radius 3 is 2.11 bits per heavy atom. The minimum absolute atomic E-state index is 0.263. The fraction of sp³-hybridized carbons (Fsp3) is 0.600. The molecule has 0 saturated heterocycles. The lowest BCUT2D eigenvalue weighted by Crippen LogP contribution is -2.10. The van der Waals surface area contributed by atoms with Crippen molar-refractivity contribution in [1.82, 2.24) is 0 Å². The highest BCUT2D eigenvalue weighted by atomic mass is 19.1. The van der Waals surface area contributed by atoms with Gasteiger partial charge in [0.2, 0.25) is 0 Å². The lowest BCUT2D eigenvalue weighted by molar-refractivity contribution is 0.535. The van der Waals surface area contributed by atoms with Gasteiger partial charge in [-0.05, 0) is 24.1 Å². The first-order valence-corrected chi connectivity index (χ1v) is 6.85. The van der Waals surface area contributed by atoms with Crippen LogP contribution in [0.25, 0.3) is 0 Å². The third kappa shape index (κ3) is 5.58. The van der Waals surface area contributed by atoms with Gasteiger partial charge in [0.1, 0.15) is 11.6 Å². The average molecular weight is 255 g/mol. The van der Waals surface area contributed by atoms with E-state index in [-0.39, 0.29) is 6.04 Å².